The van der Waals surface area contributed by atoms with Crippen LogP contribution in [-0.2, 0) is 22.6 Å². The lowest BCUT2D eigenvalue weighted by atomic mass is 9.98. The van der Waals surface area contributed by atoms with E-state index in [4.69, 9.17) is 5.73 Å². The van der Waals surface area contributed by atoms with Gasteiger partial charge in [-0.05, 0) is 66.4 Å². The van der Waals surface area contributed by atoms with Crippen molar-refractivity contribution in [3.63, 3.8) is 0 Å². The lowest BCUT2D eigenvalue weighted by molar-refractivity contribution is -0.128. The highest BCUT2D eigenvalue weighted by molar-refractivity contribution is 6.12. The van der Waals surface area contributed by atoms with Crippen LogP contribution in [0.25, 0.3) is 16.6 Å². The lowest BCUT2D eigenvalue weighted by Crippen LogP contribution is -2.49. The molecule has 0 saturated carbocycles. The van der Waals surface area contributed by atoms with Crippen LogP contribution in [0.2, 0.25) is 0 Å². The minimum Gasteiger partial charge on any atom is -0.381 e. The summed E-state index contributed by atoms with van der Waals surface area (Å²) in [5.74, 6) is 0.292. The van der Waals surface area contributed by atoms with E-state index in [-0.39, 0.29) is 18.2 Å². The van der Waals surface area contributed by atoms with Gasteiger partial charge in [-0.2, -0.15) is 0 Å². The number of nitrogens with two attached hydrogens (primary N) is 1. The number of hydrazone groups is 1. The van der Waals surface area contributed by atoms with Crippen LogP contribution in [0.4, 0.5) is 5.69 Å². The van der Waals surface area contributed by atoms with Gasteiger partial charge in [0.05, 0.1) is 6.54 Å². The van der Waals surface area contributed by atoms with Crippen LogP contribution >= 0.6 is 0 Å². The number of hydrogen-bond acceptors (Lipinski definition) is 6. The molecule has 0 bridgehead atoms. The summed E-state index contributed by atoms with van der Waals surface area (Å²) in [5, 5.41) is 8.93. The van der Waals surface area contributed by atoms with Gasteiger partial charge in [0.25, 0.3) is 0 Å². The standard InChI is InChI=1S/C30H35N7O2/c1-30(2,31)18-27(38)32-25-17-16-22-8-4-7-11-26(22)37(29(25)39)19-20-12-14-21(15-13-20)23-9-5-6-10-24(23)28-33-35-36(3)34-28/h4-15,25,35H,16-19,31H2,1-3H3,(H2,32,33,34,38)/p-1/t25-/m1/s1. The van der Waals surface area contributed by atoms with Crippen LogP contribution in [0.1, 0.15) is 43.4 Å². The van der Waals surface area contributed by atoms with Crippen molar-refractivity contribution in [3.8, 4) is 11.1 Å². The number of para-hydroxylation sites is 1. The van der Waals surface area contributed by atoms with Gasteiger partial charge in [-0.3, -0.25) is 9.59 Å². The van der Waals surface area contributed by atoms with Crippen LogP contribution in [0.15, 0.2) is 77.9 Å². The molecule has 3 aromatic rings. The molecule has 2 aliphatic rings. The number of hydrazine groups is 1. The maximum atomic E-state index is 13.8. The predicted octanol–water partition coefficient (Wildman–Crippen LogP) is 3.85. The smallest absolute Gasteiger partial charge is 0.249 e. The number of hydrogen-bond donors (Lipinski definition) is 3. The molecule has 0 saturated heterocycles. The Kier molecular flexibility index (Phi) is 7.36. The Morgan fingerprint density at radius 2 is 1.77 bits per heavy atom. The number of carbonyl (C=O) groups excluding carboxylic acids is 2. The second-order valence-corrected chi connectivity index (χ2v) is 10.8. The topological polar surface area (TPSA) is 117 Å². The van der Waals surface area contributed by atoms with E-state index < -0.39 is 11.6 Å². The molecule has 2 amide bonds. The van der Waals surface area contributed by atoms with Gasteiger partial charge in [-0.25, -0.2) is 5.53 Å². The monoisotopic (exact) mass is 524 g/mol. The largest absolute Gasteiger partial charge is 0.381 e. The first kappa shape index (κ1) is 26.4. The Labute approximate surface area is 229 Å². The number of fused-ring (bicyclic) bond motifs is 1. The zero-order valence-electron chi connectivity index (χ0n) is 22.5. The minimum absolute atomic E-state index is 0.116. The molecule has 2 aliphatic heterocycles. The molecule has 9 nitrogen and oxygen atoms in total. The zero-order valence-corrected chi connectivity index (χ0v) is 22.5. The molecular formula is C30H34N7O2-. The Hall–Kier alpha value is -4.21. The van der Waals surface area contributed by atoms with Crippen LogP contribution in [0.5, 0.6) is 0 Å². The van der Waals surface area contributed by atoms with E-state index in [2.05, 4.69) is 33.5 Å². The van der Waals surface area contributed by atoms with E-state index in [1.807, 2.05) is 60.7 Å². The van der Waals surface area contributed by atoms with Gasteiger partial charge in [-0.1, -0.05) is 66.7 Å². The summed E-state index contributed by atoms with van der Waals surface area (Å²) in [6, 6.07) is 23.5. The molecule has 0 fully saturated rings. The highest BCUT2D eigenvalue weighted by Gasteiger charge is 2.32. The second-order valence-electron chi connectivity index (χ2n) is 10.8. The quantitative estimate of drug-likeness (QED) is 0.434. The fraction of sp³-hybridized carbons (Fsp3) is 0.300. The first-order valence-electron chi connectivity index (χ1n) is 13.1. The fourth-order valence-corrected chi connectivity index (χ4v) is 4.99. The van der Waals surface area contributed by atoms with Crippen molar-refractivity contribution in [1.29, 1.82) is 0 Å². The van der Waals surface area contributed by atoms with Crippen LogP contribution < -0.4 is 21.5 Å². The molecule has 0 radical (unpaired) electrons. The van der Waals surface area contributed by atoms with Gasteiger partial charge in [-0.15, -0.1) is 0 Å². The molecule has 1 atom stereocenters. The van der Waals surface area contributed by atoms with Crippen molar-refractivity contribution in [2.75, 3.05) is 11.9 Å². The summed E-state index contributed by atoms with van der Waals surface area (Å²) in [6.45, 7) is 4.00. The first-order valence-corrected chi connectivity index (χ1v) is 13.1. The Bertz CT molecular complexity index is 1390. The SMILES string of the molecule is CN1N=C(c2ccccc2-c2ccc(CN3C(=O)[C@H](NC(=O)CC(C)(C)N)CCc4ccccc43)cc2)[N-]N1. The number of nitrogens with one attached hydrogen (secondary N) is 2. The Balaban J connectivity index is 1.39. The van der Waals surface area contributed by atoms with Gasteiger partial charge >= 0.3 is 0 Å². The van der Waals surface area contributed by atoms with E-state index in [0.29, 0.717) is 25.2 Å². The Morgan fingerprint density at radius 3 is 2.46 bits per heavy atom. The Morgan fingerprint density at radius 1 is 1.08 bits per heavy atom. The third kappa shape index (κ3) is 6.10. The maximum Gasteiger partial charge on any atom is 0.249 e. The van der Waals surface area contributed by atoms with Crippen molar-refractivity contribution >= 4 is 23.3 Å². The normalized spacial score (nSPS) is 17.3. The highest BCUT2D eigenvalue weighted by atomic mass is 16.2. The number of amides is 2. The molecule has 0 spiro atoms. The molecule has 0 aliphatic carbocycles. The second kappa shape index (κ2) is 10.9. The predicted molar refractivity (Wildman–Crippen MR) is 153 cm³/mol. The van der Waals surface area contributed by atoms with Crippen molar-refractivity contribution < 1.29 is 9.59 Å². The van der Waals surface area contributed by atoms with Crippen LogP contribution in [-0.4, -0.2) is 41.4 Å². The van der Waals surface area contributed by atoms with Crippen molar-refractivity contribution in [2.45, 2.75) is 51.2 Å². The average molecular weight is 525 g/mol. The maximum absolute atomic E-state index is 13.8. The van der Waals surface area contributed by atoms with Crippen molar-refractivity contribution in [3.05, 3.63) is 94.9 Å². The molecular weight excluding hydrogens is 490 g/mol. The van der Waals surface area contributed by atoms with E-state index in [9.17, 15) is 9.59 Å². The molecule has 2 heterocycles. The summed E-state index contributed by atoms with van der Waals surface area (Å²) in [6.07, 6.45) is 1.39. The van der Waals surface area contributed by atoms with Crippen LogP contribution in [0.3, 0.4) is 0 Å². The number of carbonyl (C=O) groups is 2. The molecule has 39 heavy (non-hydrogen) atoms. The van der Waals surface area contributed by atoms with E-state index in [0.717, 1.165) is 33.5 Å². The summed E-state index contributed by atoms with van der Waals surface area (Å²) in [4.78, 5) is 28.2. The third-order valence-electron chi connectivity index (χ3n) is 6.82. The summed E-state index contributed by atoms with van der Waals surface area (Å²) < 4.78 is 0. The van der Waals surface area contributed by atoms with Crippen LogP contribution in [0, 0.1) is 0 Å². The van der Waals surface area contributed by atoms with Gasteiger partial charge in [0.15, 0.2) is 0 Å². The van der Waals surface area contributed by atoms with Crippen molar-refractivity contribution in [1.82, 2.24) is 16.0 Å². The molecule has 202 valence electrons. The summed E-state index contributed by atoms with van der Waals surface area (Å²) in [7, 11) is 1.80. The highest BCUT2D eigenvalue weighted by Crippen LogP contribution is 2.30. The number of benzene rings is 3. The van der Waals surface area contributed by atoms with Gasteiger partial charge in [0, 0.05) is 24.7 Å². The van der Waals surface area contributed by atoms with Gasteiger partial charge < -0.3 is 31.6 Å². The average Bonchev–Trinajstić information content (AvgIpc) is 3.30. The fourth-order valence-electron chi connectivity index (χ4n) is 4.99. The summed E-state index contributed by atoms with van der Waals surface area (Å²) in [5.41, 5.74) is 18.4. The molecule has 9 heteroatoms. The number of amidine groups is 1. The lowest BCUT2D eigenvalue weighted by Gasteiger charge is -2.27. The van der Waals surface area contributed by atoms with E-state index in [1.54, 1.807) is 30.9 Å². The number of nitrogens with zero attached hydrogens (tertiary/aromatic N) is 4. The van der Waals surface area contributed by atoms with E-state index in [1.165, 1.54) is 0 Å². The molecule has 0 unspecified atom stereocenters. The molecule has 5 rings (SSSR count). The van der Waals surface area contributed by atoms with Gasteiger partial charge in [0.2, 0.25) is 11.8 Å². The van der Waals surface area contributed by atoms with Gasteiger partial charge in [0.1, 0.15) is 6.04 Å². The van der Waals surface area contributed by atoms with Crippen molar-refractivity contribution in [2.24, 2.45) is 10.8 Å². The van der Waals surface area contributed by atoms with E-state index >= 15 is 0 Å². The number of anilines is 1. The number of rotatable bonds is 7. The third-order valence-corrected chi connectivity index (χ3v) is 6.82. The first-order chi connectivity index (χ1) is 18.7. The molecule has 0 aromatic heterocycles. The molecule has 3 aromatic carbocycles. The molecule has 4 N–H and O–H groups in total. The zero-order chi connectivity index (χ0) is 27.6. The minimum atomic E-state index is -0.647. The number of aryl methyl sites for hydroxylation is 1. The summed E-state index contributed by atoms with van der Waals surface area (Å²) >= 11 is 0.